The number of halogens is 1. The third kappa shape index (κ3) is 5.60. The van der Waals surface area contributed by atoms with Gasteiger partial charge in [-0.15, -0.1) is 0 Å². The Morgan fingerprint density at radius 3 is 2.80 bits per heavy atom. The van der Waals surface area contributed by atoms with Gasteiger partial charge in [-0.1, -0.05) is 47.6 Å². The molecule has 156 valence electrons. The Balaban J connectivity index is 1.28. The average molecular weight is 407 g/mol. The van der Waals surface area contributed by atoms with Crippen LogP contribution in [0, 0.1) is 11.7 Å². The standard InChI is InChI=1S/C24H26FN3O2/c25-21-10-4-8-19(14-21)15-23-26-24(30-27-23)17-28-13-5-9-20(16-28)22(29)12-11-18-6-2-1-3-7-18/h1-4,6-8,10,14,20H,5,9,11-13,15-17H2/t20-/m0/s1. The maximum atomic E-state index is 13.3. The SMILES string of the molecule is O=C(CCc1ccccc1)[C@H]1CCCN(Cc2nc(Cc3cccc(F)c3)no2)C1. The Bertz CT molecular complexity index is 973. The number of nitrogens with zero attached hydrogens (tertiary/aromatic N) is 3. The lowest BCUT2D eigenvalue weighted by atomic mass is 9.90. The third-order valence-corrected chi connectivity index (χ3v) is 5.58. The van der Waals surface area contributed by atoms with Crippen molar-refractivity contribution in [3.05, 3.63) is 83.3 Å². The van der Waals surface area contributed by atoms with E-state index in [-0.39, 0.29) is 11.7 Å². The molecule has 4 rings (SSSR count). The minimum absolute atomic E-state index is 0.0668. The Morgan fingerprint density at radius 1 is 1.13 bits per heavy atom. The van der Waals surface area contributed by atoms with E-state index in [1.807, 2.05) is 24.3 Å². The van der Waals surface area contributed by atoms with Crippen molar-refractivity contribution < 1.29 is 13.7 Å². The third-order valence-electron chi connectivity index (χ3n) is 5.58. The van der Waals surface area contributed by atoms with E-state index in [0.29, 0.717) is 36.9 Å². The highest BCUT2D eigenvalue weighted by atomic mass is 19.1. The maximum absolute atomic E-state index is 13.3. The van der Waals surface area contributed by atoms with Gasteiger partial charge in [-0.05, 0) is 49.1 Å². The topological polar surface area (TPSA) is 59.2 Å². The predicted octanol–water partition coefficient (Wildman–Crippen LogP) is 4.21. The van der Waals surface area contributed by atoms with E-state index in [9.17, 15) is 9.18 Å². The molecule has 0 aliphatic carbocycles. The molecule has 0 amide bonds. The van der Waals surface area contributed by atoms with Crippen LogP contribution in [0.5, 0.6) is 0 Å². The van der Waals surface area contributed by atoms with Crippen molar-refractivity contribution in [2.24, 2.45) is 5.92 Å². The van der Waals surface area contributed by atoms with Crippen molar-refractivity contribution in [2.75, 3.05) is 13.1 Å². The van der Waals surface area contributed by atoms with Crippen molar-refractivity contribution in [1.29, 1.82) is 0 Å². The van der Waals surface area contributed by atoms with Gasteiger partial charge in [0.1, 0.15) is 11.6 Å². The quantitative estimate of drug-likeness (QED) is 0.560. The fraction of sp³-hybridized carbons (Fsp3) is 0.375. The molecule has 5 nitrogen and oxygen atoms in total. The van der Waals surface area contributed by atoms with Crippen molar-refractivity contribution in [3.8, 4) is 0 Å². The number of ketones is 1. The molecule has 6 heteroatoms. The summed E-state index contributed by atoms with van der Waals surface area (Å²) < 4.78 is 18.7. The van der Waals surface area contributed by atoms with Gasteiger partial charge in [-0.3, -0.25) is 9.69 Å². The summed E-state index contributed by atoms with van der Waals surface area (Å²) in [4.78, 5) is 19.4. The van der Waals surface area contributed by atoms with E-state index in [2.05, 4.69) is 27.2 Å². The maximum Gasteiger partial charge on any atom is 0.240 e. The minimum atomic E-state index is -0.271. The smallest absolute Gasteiger partial charge is 0.240 e. The minimum Gasteiger partial charge on any atom is -0.338 e. The van der Waals surface area contributed by atoms with Gasteiger partial charge in [0, 0.05) is 25.3 Å². The molecule has 2 aromatic carbocycles. The number of likely N-dealkylation sites (tertiary alicyclic amines) is 1. The first-order valence-corrected chi connectivity index (χ1v) is 10.5. The summed E-state index contributed by atoms with van der Waals surface area (Å²) in [5, 5.41) is 4.02. The molecular weight excluding hydrogens is 381 g/mol. The van der Waals surface area contributed by atoms with Crippen molar-refractivity contribution in [2.45, 2.75) is 38.6 Å². The number of rotatable bonds is 8. The first kappa shape index (κ1) is 20.4. The molecule has 1 atom stereocenters. The molecule has 0 bridgehead atoms. The van der Waals surface area contributed by atoms with Crippen molar-refractivity contribution >= 4 is 5.78 Å². The monoisotopic (exact) mass is 407 g/mol. The molecular formula is C24H26FN3O2. The number of carbonyl (C=O) groups is 1. The summed E-state index contributed by atoms with van der Waals surface area (Å²) in [7, 11) is 0. The van der Waals surface area contributed by atoms with Crippen LogP contribution in [-0.2, 0) is 24.2 Å². The van der Waals surface area contributed by atoms with E-state index < -0.39 is 0 Å². The van der Waals surface area contributed by atoms with Crippen LogP contribution >= 0.6 is 0 Å². The molecule has 30 heavy (non-hydrogen) atoms. The predicted molar refractivity (Wildman–Crippen MR) is 111 cm³/mol. The molecule has 0 spiro atoms. The van der Waals surface area contributed by atoms with Crippen LogP contribution < -0.4 is 0 Å². The van der Waals surface area contributed by atoms with E-state index >= 15 is 0 Å². The fourth-order valence-electron chi connectivity index (χ4n) is 4.03. The second-order valence-corrected chi connectivity index (χ2v) is 7.94. The normalized spacial score (nSPS) is 17.2. The van der Waals surface area contributed by atoms with Crippen LogP contribution in [0.1, 0.15) is 42.1 Å². The van der Waals surface area contributed by atoms with Crippen LogP contribution in [0.25, 0.3) is 0 Å². The van der Waals surface area contributed by atoms with Crippen LogP contribution in [-0.4, -0.2) is 33.9 Å². The zero-order chi connectivity index (χ0) is 20.8. The molecule has 0 radical (unpaired) electrons. The van der Waals surface area contributed by atoms with Crippen LogP contribution in [0.2, 0.25) is 0 Å². The average Bonchev–Trinajstić information content (AvgIpc) is 3.19. The Labute approximate surface area is 175 Å². The van der Waals surface area contributed by atoms with Gasteiger partial charge in [0.15, 0.2) is 5.82 Å². The summed E-state index contributed by atoms with van der Waals surface area (Å²) in [6.07, 6.45) is 3.75. The van der Waals surface area contributed by atoms with Crippen molar-refractivity contribution in [3.63, 3.8) is 0 Å². The largest absolute Gasteiger partial charge is 0.338 e. The summed E-state index contributed by atoms with van der Waals surface area (Å²) in [5.74, 6) is 1.22. The number of hydrogen-bond acceptors (Lipinski definition) is 5. The lowest BCUT2D eigenvalue weighted by Crippen LogP contribution is -2.38. The summed E-state index contributed by atoms with van der Waals surface area (Å²) in [5.41, 5.74) is 2.01. The molecule has 1 saturated heterocycles. The van der Waals surface area contributed by atoms with Gasteiger partial charge in [-0.2, -0.15) is 4.98 Å². The Kier molecular flexibility index (Phi) is 6.64. The second kappa shape index (κ2) is 9.76. The highest BCUT2D eigenvalue weighted by Crippen LogP contribution is 2.21. The molecule has 1 aliphatic rings. The first-order valence-electron chi connectivity index (χ1n) is 10.5. The van der Waals surface area contributed by atoms with E-state index in [1.165, 1.54) is 17.7 Å². The second-order valence-electron chi connectivity index (χ2n) is 7.94. The highest BCUT2D eigenvalue weighted by Gasteiger charge is 2.26. The Hall–Kier alpha value is -2.86. The summed E-state index contributed by atoms with van der Waals surface area (Å²) in [6.45, 7) is 2.19. The number of aryl methyl sites for hydroxylation is 1. The summed E-state index contributed by atoms with van der Waals surface area (Å²) in [6, 6.07) is 16.6. The molecule has 1 fully saturated rings. The number of Topliss-reactive ketones (excluding diaryl/α,β-unsaturated/α-hetero) is 1. The molecule has 3 aromatic rings. The summed E-state index contributed by atoms with van der Waals surface area (Å²) >= 11 is 0. The first-order chi connectivity index (χ1) is 14.7. The number of piperidine rings is 1. The zero-order valence-electron chi connectivity index (χ0n) is 17.0. The number of benzene rings is 2. The van der Waals surface area contributed by atoms with Gasteiger partial charge < -0.3 is 4.52 Å². The zero-order valence-corrected chi connectivity index (χ0v) is 17.0. The molecule has 0 saturated carbocycles. The fourth-order valence-corrected chi connectivity index (χ4v) is 4.03. The molecule has 0 unspecified atom stereocenters. The van der Waals surface area contributed by atoms with E-state index in [0.717, 1.165) is 37.9 Å². The lowest BCUT2D eigenvalue weighted by molar-refractivity contribution is -0.124. The molecule has 0 N–H and O–H groups in total. The molecule has 2 heterocycles. The van der Waals surface area contributed by atoms with E-state index in [4.69, 9.17) is 4.52 Å². The van der Waals surface area contributed by atoms with Crippen LogP contribution in [0.4, 0.5) is 4.39 Å². The van der Waals surface area contributed by atoms with Gasteiger partial charge in [0.25, 0.3) is 0 Å². The van der Waals surface area contributed by atoms with Crippen molar-refractivity contribution in [1.82, 2.24) is 15.0 Å². The van der Waals surface area contributed by atoms with Crippen LogP contribution in [0.15, 0.2) is 59.1 Å². The number of aromatic nitrogens is 2. The number of carbonyl (C=O) groups excluding carboxylic acids is 1. The molecule has 1 aromatic heterocycles. The highest BCUT2D eigenvalue weighted by molar-refractivity contribution is 5.81. The van der Waals surface area contributed by atoms with E-state index in [1.54, 1.807) is 6.07 Å². The number of hydrogen-bond donors (Lipinski definition) is 0. The van der Waals surface area contributed by atoms with Crippen LogP contribution in [0.3, 0.4) is 0 Å². The van der Waals surface area contributed by atoms with Gasteiger partial charge in [0.05, 0.1) is 6.54 Å². The Morgan fingerprint density at radius 2 is 1.97 bits per heavy atom. The van der Waals surface area contributed by atoms with Gasteiger partial charge in [0.2, 0.25) is 5.89 Å². The van der Waals surface area contributed by atoms with Gasteiger partial charge in [-0.25, -0.2) is 4.39 Å². The molecule has 1 aliphatic heterocycles. The lowest BCUT2D eigenvalue weighted by Gasteiger charge is -2.30. The van der Waals surface area contributed by atoms with Gasteiger partial charge >= 0.3 is 0 Å².